The molecule has 21 heavy (non-hydrogen) atoms. The molecule has 0 unspecified atom stereocenters. The van der Waals surface area contributed by atoms with E-state index in [-0.39, 0.29) is 5.91 Å². The largest absolute Gasteiger partial charge is 0.334 e. The highest BCUT2D eigenvalue weighted by Gasteiger charge is 2.10. The van der Waals surface area contributed by atoms with E-state index in [1.165, 1.54) is 6.92 Å². The van der Waals surface area contributed by atoms with Crippen molar-refractivity contribution in [2.45, 2.75) is 6.92 Å². The van der Waals surface area contributed by atoms with Crippen LogP contribution in [0.1, 0.15) is 6.92 Å². The smallest absolute Gasteiger partial charge is 0.258 e. The number of benzene rings is 1. The number of hydrogen-bond donors (Lipinski definition) is 1. The predicted molar refractivity (Wildman–Crippen MR) is 77.3 cm³/mol. The van der Waals surface area contributed by atoms with Crippen LogP contribution in [0.2, 0.25) is 0 Å². The minimum absolute atomic E-state index is 0.111. The zero-order valence-corrected chi connectivity index (χ0v) is 11.3. The molecule has 0 atom stereocenters. The summed E-state index contributed by atoms with van der Waals surface area (Å²) in [5, 5.41) is 6.65. The summed E-state index contributed by atoms with van der Waals surface area (Å²) in [6.45, 7) is 1.47. The molecule has 3 rings (SSSR count). The first-order valence-electron chi connectivity index (χ1n) is 6.34. The lowest BCUT2D eigenvalue weighted by atomic mass is 10.2. The van der Waals surface area contributed by atoms with Crippen molar-refractivity contribution in [2.75, 3.05) is 5.32 Å². The van der Waals surface area contributed by atoms with Crippen LogP contribution in [0.15, 0.2) is 53.3 Å². The van der Waals surface area contributed by atoms with E-state index in [1.54, 1.807) is 24.5 Å². The monoisotopic (exact) mass is 280 g/mol. The summed E-state index contributed by atoms with van der Waals surface area (Å²) in [7, 11) is 0. The second-order valence-corrected chi connectivity index (χ2v) is 4.42. The molecule has 0 aliphatic rings. The van der Waals surface area contributed by atoms with Gasteiger partial charge in [0, 0.05) is 36.1 Å². The van der Waals surface area contributed by atoms with Crippen molar-refractivity contribution < 1.29 is 9.32 Å². The van der Waals surface area contributed by atoms with Gasteiger partial charge in [0.15, 0.2) is 0 Å². The first-order chi connectivity index (χ1) is 10.2. The summed E-state index contributed by atoms with van der Waals surface area (Å²) in [5.41, 5.74) is 2.35. The van der Waals surface area contributed by atoms with E-state index in [1.807, 2.05) is 24.3 Å². The number of aromatic nitrogens is 3. The number of hydrogen-bond acceptors (Lipinski definition) is 5. The number of nitrogens with one attached hydrogen (secondary N) is 1. The van der Waals surface area contributed by atoms with Gasteiger partial charge in [0.25, 0.3) is 5.89 Å². The fourth-order valence-corrected chi connectivity index (χ4v) is 1.86. The average Bonchev–Trinajstić information content (AvgIpc) is 2.98. The van der Waals surface area contributed by atoms with Crippen molar-refractivity contribution in [2.24, 2.45) is 0 Å². The molecule has 1 aromatic carbocycles. The highest BCUT2D eigenvalue weighted by molar-refractivity contribution is 5.88. The van der Waals surface area contributed by atoms with E-state index >= 15 is 0 Å². The SMILES string of the molecule is CC(=O)Nc1ccc(-c2nc(-c3ccncc3)no2)cc1. The van der Waals surface area contributed by atoms with Crippen molar-refractivity contribution in [1.82, 2.24) is 15.1 Å². The van der Waals surface area contributed by atoms with Gasteiger partial charge in [-0.15, -0.1) is 0 Å². The summed E-state index contributed by atoms with van der Waals surface area (Å²) >= 11 is 0. The van der Waals surface area contributed by atoms with Crippen LogP contribution in [0, 0.1) is 0 Å². The molecular formula is C15H12N4O2. The molecule has 0 spiro atoms. The quantitative estimate of drug-likeness (QED) is 0.797. The molecule has 6 nitrogen and oxygen atoms in total. The molecule has 0 aliphatic heterocycles. The first kappa shape index (κ1) is 13.0. The molecule has 2 aromatic heterocycles. The van der Waals surface area contributed by atoms with E-state index in [2.05, 4.69) is 20.4 Å². The molecule has 1 N–H and O–H groups in total. The van der Waals surface area contributed by atoms with Crippen LogP contribution in [0.3, 0.4) is 0 Å². The predicted octanol–water partition coefficient (Wildman–Crippen LogP) is 2.76. The van der Waals surface area contributed by atoms with Gasteiger partial charge in [-0.3, -0.25) is 9.78 Å². The third-order valence-electron chi connectivity index (χ3n) is 2.82. The molecule has 0 radical (unpaired) electrons. The molecule has 104 valence electrons. The summed E-state index contributed by atoms with van der Waals surface area (Å²) in [5.74, 6) is 0.829. The minimum atomic E-state index is -0.111. The molecule has 0 saturated heterocycles. The van der Waals surface area contributed by atoms with Crippen LogP contribution >= 0.6 is 0 Å². The van der Waals surface area contributed by atoms with Crippen molar-refractivity contribution in [3.05, 3.63) is 48.8 Å². The summed E-state index contributed by atoms with van der Waals surface area (Å²) in [6.07, 6.45) is 3.35. The summed E-state index contributed by atoms with van der Waals surface area (Å²) in [6, 6.07) is 10.8. The molecule has 0 aliphatic carbocycles. The molecule has 0 fully saturated rings. The maximum atomic E-state index is 11.0. The lowest BCUT2D eigenvalue weighted by Crippen LogP contribution is -2.05. The Morgan fingerprint density at radius 3 is 2.43 bits per heavy atom. The topological polar surface area (TPSA) is 80.9 Å². The molecule has 6 heteroatoms. The summed E-state index contributed by atoms with van der Waals surface area (Å²) in [4.78, 5) is 19.3. The highest BCUT2D eigenvalue weighted by atomic mass is 16.5. The normalized spacial score (nSPS) is 10.3. The van der Waals surface area contributed by atoms with Gasteiger partial charge in [-0.25, -0.2) is 0 Å². The number of carbonyl (C=O) groups is 1. The maximum absolute atomic E-state index is 11.0. The Kier molecular flexibility index (Phi) is 3.42. The van der Waals surface area contributed by atoms with Crippen LogP contribution < -0.4 is 5.32 Å². The third-order valence-corrected chi connectivity index (χ3v) is 2.82. The third kappa shape index (κ3) is 2.94. The Balaban J connectivity index is 1.85. The fraction of sp³-hybridized carbons (Fsp3) is 0.0667. The number of carbonyl (C=O) groups excluding carboxylic acids is 1. The van der Waals surface area contributed by atoms with Gasteiger partial charge < -0.3 is 9.84 Å². The van der Waals surface area contributed by atoms with Crippen LogP contribution in [-0.4, -0.2) is 21.0 Å². The van der Waals surface area contributed by atoms with Crippen LogP contribution in [-0.2, 0) is 4.79 Å². The maximum Gasteiger partial charge on any atom is 0.258 e. The van der Waals surface area contributed by atoms with Gasteiger partial charge in [-0.05, 0) is 36.4 Å². The Labute approximate surface area is 120 Å². The zero-order valence-electron chi connectivity index (χ0n) is 11.3. The molecule has 1 amide bonds. The van der Waals surface area contributed by atoms with Gasteiger partial charge in [-0.1, -0.05) is 5.16 Å². The Bertz CT molecular complexity index is 751. The van der Waals surface area contributed by atoms with Gasteiger partial charge in [0.2, 0.25) is 11.7 Å². The Morgan fingerprint density at radius 2 is 1.76 bits per heavy atom. The standard InChI is InChI=1S/C15H12N4O2/c1-10(20)17-13-4-2-12(3-5-13)15-18-14(19-21-15)11-6-8-16-9-7-11/h2-9H,1H3,(H,17,20). The number of nitrogens with zero attached hydrogens (tertiary/aromatic N) is 3. The number of pyridine rings is 1. The highest BCUT2D eigenvalue weighted by Crippen LogP contribution is 2.23. The van der Waals surface area contributed by atoms with E-state index in [0.717, 1.165) is 16.8 Å². The lowest BCUT2D eigenvalue weighted by molar-refractivity contribution is -0.114. The van der Waals surface area contributed by atoms with Crippen molar-refractivity contribution >= 4 is 11.6 Å². The molecular weight excluding hydrogens is 268 g/mol. The van der Waals surface area contributed by atoms with E-state index in [9.17, 15) is 4.79 Å². The van der Waals surface area contributed by atoms with Crippen molar-refractivity contribution in [1.29, 1.82) is 0 Å². The molecule has 0 saturated carbocycles. The fourth-order valence-electron chi connectivity index (χ4n) is 1.86. The molecule has 3 aromatic rings. The van der Waals surface area contributed by atoms with Gasteiger partial charge in [-0.2, -0.15) is 4.98 Å². The number of amides is 1. The van der Waals surface area contributed by atoms with Crippen LogP contribution in [0.25, 0.3) is 22.8 Å². The molecule has 0 bridgehead atoms. The lowest BCUT2D eigenvalue weighted by Gasteiger charge is -2.01. The van der Waals surface area contributed by atoms with Crippen LogP contribution in [0.5, 0.6) is 0 Å². The van der Waals surface area contributed by atoms with E-state index < -0.39 is 0 Å². The Hall–Kier alpha value is -3.02. The van der Waals surface area contributed by atoms with Gasteiger partial charge in [0.1, 0.15) is 0 Å². The van der Waals surface area contributed by atoms with Crippen LogP contribution in [0.4, 0.5) is 5.69 Å². The van der Waals surface area contributed by atoms with E-state index in [0.29, 0.717) is 11.7 Å². The first-order valence-corrected chi connectivity index (χ1v) is 6.34. The minimum Gasteiger partial charge on any atom is -0.334 e. The average molecular weight is 280 g/mol. The van der Waals surface area contributed by atoms with Crippen molar-refractivity contribution in [3.63, 3.8) is 0 Å². The number of anilines is 1. The second-order valence-electron chi connectivity index (χ2n) is 4.42. The second kappa shape index (κ2) is 5.54. The van der Waals surface area contributed by atoms with Gasteiger partial charge >= 0.3 is 0 Å². The zero-order chi connectivity index (χ0) is 14.7. The van der Waals surface area contributed by atoms with E-state index in [4.69, 9.17) is 4.52 Å². The molecule has 2 heterocycles. The Morgan fingerprint density at radius 1 is 1.05 bits per heavy atom. The van der Waals surface area contributed by atoms with Crippen molar-refractivity contribution in [3.8, 4) is 22.8 Å². The number of rotatable bonds is 3. The van der Waals surface area contributed by atoms with Gasteiger partial charge in [0.05, 0.1) is 0 Å². The summed E-state index contributed by atoms with van der Waals surface area (Å²) < 4.78 is 5.26.